The van der Waals surface area contributed by atoms with Gasteiger partial charge in [-0.1, -0.05) is 26.0 Å². The van der Waals surface area contributed by atoms with Gasteiger partial charge in [0.15, 0.2) is 12.4 Å². The zero-order valence-electron chi connectivity index (χ0n) is 20.7. The summed E-state index contributed by atoms with van der Waals surface area (Å²) in [5.41, 5.74) is 0.312. The fourth-order valence-electron chi connectivity index (χ4n) is 4.67. The van der Waals surface area contributed by atoms with E-state index in [2.05, 4.69) is 5.32 Å². The highest BCUT2D eigenvalue weighted by Crippen LogP contribution is 2.46. The summed E-state index contributed by atoms with van der Waals surface area (Å²) in [6.07, 6.45) is -1.28. The van der Waals surface area contributed by atoms with Crippen molar-refractivity contribution in [3.8, 4) is 11.5 Å². The maximum Gasteiger partial charge on any atom is 0.416 e. The van der Waals surface area contributed by atoms with E-state index in [0.29, 0.717) is 60.5 Å². The number of carbonyl (C=O) groups excluding carboxylic acids is 2. The first-order valence-corrected chi connectivity index (χ1v) is 12.2. The summed E-state index contributed by atoms with van der Waals surface area (Å²) in [4.78, 5) is 27.0. The largest absolute Gasteiger partial charge is 0.486 e. The van der Waals surface area contributed by atoms with E-state index < -0.39 is 23.2 Å². The SMILES string of the molecule is CCC1(CC)C/C(=C\C(=O)Nc2cccc3c2OCC(=O)N3CCCO)c2ccc(C(F)(F)F)cc2O1. The van der Waals surface area contributed by atoms with Crippen molar-refractivity contribution in [2.75, 3.05) is 30.0 Å². The molecule has 2 heterocycles. The van der Waals surface area contributed by atoms with E-state index in [1.54, 1.807) is 18.2 Å². The molecule has 2 aliphatic heterocycles. The molecule has 2 aromatic carbocycles. The fourth-order valence-corrected chi connectivity index (χ4v) is 4.67. The van der Waals surface area contributed by atoms with Gasteiger partial charge >= 0.3 is 6.18 Å². The maximum absolute atomic E-state index is 13.3. The highest BCUT2D eigenvalue weighted by atomic mass is 19.4. The molecule has 198 valence electrons. The minimum atomic E-state index is -4.52. The van der Waals surface area contributed by atoms with Crippen molar-refractivity contribution in [3.63, 3.8) is 0 Å². The molecule has 4 rings (SSSR count). The monoisotopic (exact) mass is 518 g/mol. The van der Waals surface area contributed by atoms with Crippen molar-refractivity contribution in [1.82, 2.24) is 0 Å². The van der Waals surface area contributed by atoms with Gasteiger partial charge in [0.1, 0.15) is 11.4 Å². The third-order valence-electron chi connectivity index (χ3n) is 6.81. The second-order valence-corrected chi connectivity index (χ2v) is 9.10. The highest BCUT2D eigenvalue weighted by Gasteiger charge is 2.38. The van der Waals surface area contributed by atoms with Gasteiger partial charge in [-0.3, -0.25) is 9.59 Å². The molecule has 0 spiro atoms. The normalized spacial score (nSPS) is 17.5. The molecule has 2 amide bonds. The Kier molecular flexibility index (Phi) is 7.49. The number of alkyl halides is 3. The summed E-state index contributed by atoms with van der Waals surface area (Å²) >= 11 is 0. The first kappa shape index (κ1) is 26.5. The molecule has 0 saturated carbocycles. The number of carbonyl (C=O) groups is 2. The van der Waals surface area contributed by atoms with Gasteiger partial charge in [-0.05, 0) is 49.1 Å². The van der Waals surface area contributed by atoms with Crippen LogP contribution in [0.5, 0.6) is 11.5 Å². The molecule has 0 fully saturated rings. The highest BCUT2D eigenvalue weighted by molar-refractivity contribution is 6.07. The van der Waals surface area contributed by atoms with Gasteiger partial charge in [0, 0.05) is 31.2 Å². The van der Waals surface area contributed by atoms with Crippen LogP contribution in [0.4, 0.5) is 24.5 Å². The second-order valence-electron chi connectivity index (χ2n) is 9.10. The first-order valence-electron chi connectivity index (χ1n) is 12.2. The van der Waals surface area contributed by atoms with E-state index in [1.807, 2.05) is 13.8 Å². The molecule has 7 nitrogen and oxygen atoms in total. The lowest BCUT2D eigenvalue weighted by molar-refractivity contribution is -0.137. The second kappa shape index (κ2) is 10.5. The zero-order chi connectivity index (χ0) is 26.8. The van der Waals surface area contributed by atoms with E-state index in [0.717, 1.165) is 12.1 Å². The van der Waals surface area contributed by atoms with Crippen LogP contribution in [-0.2, 0) is 15.8 Å². The molecule has 0 saturated heterocycles. The topological polar surface area (TPSA) is 88.1 Å². The van der Waals surface area contributed by atoms with Crippen molar-refractivity contribution >= 4 is 28.8 Å². The summed E-state index contributed by atoms with van der Waals surface area (Å²) in [5.74, 6) is -0.300. The van der Waals surface area contributed by atoms with Gasteiger partial charge < -0.3 is 24.8 Å². The van der Waals surface area contributed by atoms with Crippen LogP contribution in [0.25, 0.3) is 5.57 Å². The Labute approximate surface area is 212 Å². The lowest BCUT2D eigenvalue weighted by atomic mass is 9.83. The van der Waals surface area contributed by atoms with E-state index in [9.17, 15) is 22.8 Å². The minimum Gasteiger partial charge on any atom is -0.486 e. The van der Waals surface area contributed by atoms with Gasteiger partial charge in [-0.2, -0.15) is 13.2 Å². The third-order valence-corrected chi connectivity index (χ3v) is 6.81. The number of hydrogen-bond acceptors (Lipinski definition) is 5. The van der Waals surface area contributed by atoms with E-state index >= 15 is 0 Å². The number of aliphatic hydroxyl groups excluding tert-OH is 1. The van der Waals surface area contributed by atoms with Crippen LogP contribution in [0.2, 0.25) is 0 Å². The van der Waals surface area contributed by atoms with Crippen molar-refractivity contribution in [2.45, 2.75) is 51.3 Å². The van der Waals surface area contributed by atoms with Gasteiger partial charge in [0.05, 0.1) is 16.9 Å². The van der Waals surface area contributed by atoms with Crippen LogP contribution in [0.3, 0.4) is 0 Å². The van der Waals surface area contributed by atoms with Gasteiger partial charge in [-0.25, -0.2) is 0 Å². The first-order chi connectivity index (χ1) is 17.6. The average molecular weight is 519 g/mol. The Balaban J connectivity index is 1.66. The molecule has 2 aliphatic rings. The predicted octanol–water partition coefficient (Wildman–Crippen LogP) is 5.18. The Bertz CT molecular complexity index is 1220. The van der Waals surface area contributed by atoms with Crippen molar-refractivity contribution in [1.29, 1.82) is 0 Å². The van der Waals surface area contributed by atoms with E-state index in [4.69, 9.17) is 14.6 Å². The lowest BCUT2D eigenvalue weighted by Gasteiger charge is -2.39. The molecule has 0 bridgehead atoms. The number of fused-ring (bicyclic) bond motifs is 2. The molecule has 2 aromatic rings. The number of benzene rings is 2. The van der Waals surface area contributed by atoms with Crippen LogP contribution in [-0.4, -0.2) is 42.3 Å². The molecule has 0 aliphatic carbocycles. The Morgan fingerprint density at radius 1 is 1.22 bits per heavy atom. The number of hydrogen-bond donors (Lipinski definition) is 2. The van der Waals surface area contributed by atoms with Crippen LogP contribution >= 0.6 is 0 Å². The summed E-state index contributed by atoms with van der Waals surface area (Å²) in [6, 6.07) is 8.33. The number of halogens is 3. The van der Waals surface area contributed by atoms with Gasteiger partial charge in [0.25, 0.3) is 5.91 Å². The number of anilines is 2. The summed E-state index contributed by atoms with van der Waals surface area (Å²) in [5, 5.41) is 12.0. The molecular weight excluding hydrogens is 489 g/mol. The molecule has 0 atom stereocenters. The van der Waals surface area contributed by atoms with Crippen molar-refractivity contribution < 1.29 is 37.3 Å². The van der Waals surface area contributed by atoms with Crippen LogP contribution in [0, 0.1) is 0 Å². The molecular formula is C27H29F3N2O5. The number of para-hydroxylation sites is 1. The molecule has 2 N–H and O–H groups in total. The average Bonchev–Trinajstić information content (AvgIpc) is 2.87. The Morgan fingerprint density at radius 3 is 2.65 bits per heavy atom. The molecule has 0 unspecified atom stereocenters. The standard InChI is InChI=1S/C27H29F3N2O5/c1-3-26(4-2)15-17(19-10-9-18(27(28,29)30)14-22(19)37-26)13-23(34)31-20-7-5-8-21-25(20)36-16-24(35)32(21)11-6-12-33/h5,7-10,13-14,33H,3-4,6,11-12,15-16H2,1-2H3,(H,31,34)/b17-13+. The Hall–Kier alpha value is -3.53. The van der Waals surface area contributed by atoms with E-state index in [1.165, 1.54) is 17.0 Å². The quantitative estimate of drug-likeness (QED) is 0.494. The lowest BCUT2D eigenvalue weighted by Crippen LogP contribution is -2.40. The summed E-state index contributed by atoms with van der Waals surface area (Å²) in [6.45, 7) is 3.83. The minimum absolute atomic E-state index is 0.0728. The molecule has 37 heavy (non-hydrogen) atoms. The fraction of sp³-hybridized carbons (Fsp3) is 0.407. The molecule has 10 heteroatoms. The maximum atomic E-state index is 13.3. The number of nitrogens with zero attached hydrogens (tertiary/aromatic N) is 1. The number of nitrogens with one attached hydrogen (secondary N) is 1. The van der Waals surface area contributed by atoms with E-state index in [-0.39, 0.29) is 24.9 Å². The van der Waals surface area contributed by atoms with Gasteiger partial charge in [0.2, 0.25) is 5.91 Å². The number of ether oxygens (including phenoxy) is 2. The molecule has 0 radical (unpaired) electrons. The van der Waals surface area contributed by atoms with Crippen molar-refractivity contribution in [3.05, 3.63) is 53.6 Å². The van der Waals surface area contributed by atoms with Crippen LogP contribution in [0.15, 0.2) is 42.5 Å². The van der Waals surface area contributed by atoms with Crippen LogP contribution < -0.4 is 19.7 Å². The number of amides is 2. The summed E-state index contributed by atoms with van der Waals surface area (Å²) < 4.78 is 51.7. The Morgan fingerprint density at radius 2 is 1.97 bits per heavy atom. The molecule has 0 aromatic heterocycles. The van der Waals surface area contributed by atoms with Crippen LogP contribution in [0.1, 0.15) is 50.7 Å². The third kappa shape index (κ3) is 5.44. The number of aliphatic hydroxyl groups is 1. The predicted molar refractivity (Wildman–Crippen MR) is 133 cm³/mol. The van der Waals surface area contributed by atoms with Crippen molar-refractivity contribution in [2.24, 2.45) is 0 Å². The van der Waals surface area contributed by atoms with Gasteiger partial charge in [-0.15, -0.1) is 0 Å². The summed E-state index contributed by atoms with van der Waals surface area (Å²) in [7, 11) is 0. The number of rotatable bonds is 7. The smallest absolute Gasteiger partial charge is 0.416 e. The zero-order valence-corrected chi connectivity index (χ0v) is 20.7.